The van der Waals surface area contributed by atoms with Gasteiger partial charge in [0.1, 0.15) is 0 Å². The van der Waals surface area contributed by atoms with Crippen molar-refractivity contribution in [2.24, 2.45) is 10.9 Å². The van der Waals surface area contributed by atoms with Crippen molar-refractivity contribution in [1.82, 2.24) is 20.3 Å². The van der Waals surface area contributed by atoms with E-state index in [0.717, 1.165) is 51.2 Å². The zero-order valence-corrected chi connectivity index (χ0v) is 18.5. The van der Waals surface area contributed by atoms with Gasteiger partial charge in [0.25, 0.3) is 0 Å². The van der Waals surface area contributed by atoms with Crippen LogP contribution in [0.25, 0.3) is 0 Å². The van der Waals surface area contributed by atoms with E-state index < -0.39 is 10.0 Å². The quantitative estimate of drug-likeness (QED) is 0.210. The molecule has 1 rings (SSSR count). The van der Waals surface area contributed by atoms with Gasteiger partial charge in [0.15, 0.2) is 5.96 Å². The highest BCUT2D eigenvalue weighted by atomic mass is 127. The summed E-state index contributed by atoms with van der Waals surface area (Å²) in [5.41, 5.74) is 0. The first-order chi connectivity index (χ1) is 10.8. The van der Waals surface area contributed by atoms with Crippen LogP contribution < -0.4 is 15.4 Å². The van der Waals surface area contributed by atoms with E-state index in [0.29, 0.717) is 25.0 Å². The highest BCUT2D eigenvalue weighted by molar-refractivity contribution is 14.0. The Hall–Kier alpha value is -0.130. The fourth-order valence-electron chi connectivity index (χ4n) is 2.69. The van der Waals surface area contributed by atoms with Crippen LogP contribution in [-0.4, -0.2) is 70.8 Å². The standard InChI is InChI=1S/C15H33N5O2S.HI/c1-5-16-15(17-8-9-18-23(4,21)22)19-14-6-10-20(11-7-14)12-13(2)3;/h13-14,18H,5-12H2,1-4H3,(H2,16,17,19);1H. The van der Waals surface area contributed by atoms with Crippen LogP contribution in [0.5, 0.6) is 0 Å². The summed E-state index contributed by atoms with van der Waals surface area (Å²) in [7, 11) is -3.14. The van der Waals surface area contributed by atoms with Crippen molar-refractivity contribution in [3.05, 3.63) is 0 Å². The van der Waals surface area contributed by atoms with Crippen molar-refractivity contribution in [1.29, 1.82) is 0 Å². The van der Waals surface area contributed by atoms with Gasteiger partial charge in [-0.1, -0.05) is 13.8 Å². The van der Waals surface area contributed by atoms with Gasteiger partial charge in [0.2, 0.25) is 10.0 Å². The molecule has 7 nitrogen and oxygen atoms in total. The molecule has 1 aliphatic rings. The van der Waals surface area contributed by atoms with E-state index in [-0.39, 0.29) is 24.0 Å². The zero-order valence-electron chi connectivity index (χ0n) is 15.3. The van der Waals surface area contributed by atoms with Crippen LogP contribution in [0, 0.1) is 5.92 Å². The molecule has 0 aromatic heterocycles. The summed E-state index contributed by atoms with van der Waals surface area (Å²) in [5, 5.41) is 6.68. The van der Waals surface area contributed by atoms with E-state index in [4.69, 9.17) is 0 Å². The summed E-state index contributed by atoms with van der Waals surface area (Å²) in [6.45, 7) is 11.5. The third-order valence-electron chi connectivity index (χ3n) is 3.64. The Morgan fingerprint density at radius 3 is 2.42 bits per heavy atom. The highest BCUT2D eigenvalue weighted by Gasteiger charge is 2.20. The van der Waals surface area contributed by atoms with E-state index in [1.54, 1.807) is 0 Å². The predicted molar refractivity (Wildman–Crippen MR) is 112 cm³/mol. The molecular formula is C15H34IN5O2S. The first-order valence-electron chi connectivity index (χ1n) is 8.52. The van der Waals surface area contributed by atoms with Gasteiger partial charge in [-0.15, -0.1) is 24.0 Å². The molecule has 0 spiro atoms. The third kappa shape index (κ3) is 11.4. The average Bonchev–Trinajstić information content (AvgIpc) is 2.44. The molecule has 0 radical (unpaired) electrons. The normalized spacial score (nSPS) is 17.6. The first kappa shape index (κ1) is 23.9. The van der Waals surface area contributed by atoms with Gasteiger partial charge in [0.05, 0.1) is 12.8 Å². The minimum Gasteiger partial charge on any atom is -0.357 e. The highest BCUT2D eigenvalue weighted by Crippen LogP contribution is 2.11. The molecule has 0 amide bonds. The fourth-order valence-corrected chi connectivity index (χ4v) is 3.15. The third-order valence-corrected chi connectivity index (χ3v) is 4.37. The van der Waals surface area contributed by atoms with E-state index in [1.807, 2.05) is 6.92 Å². The Morgan fingerprint density at radius 1 is 1.29 bits per heavy atom. The smallest absolute Gasteiger partial charge is 0.208 e. The molecule has 0 saturated carbocycles. The molecule has 24 heavy (non-hydrogen) atoms. The fraction of sp³-hybridized carbons (Fsp3) is 0.933. The number of guanidine groups is 1. The Balaban J connectivity index is 0.00000529. The number of halogens is 1. The largest absolute Gasteiger partial charge is 0.357 e. The number of likely N-dealkylation sites (tertiary alicyclic amines) is 1. The average molecular weight is 475 g/mol. The molecule has 0 bridgehead atoms. The minimum absolute atomic E-state index is 0. The van der Waals surface area contributed by atoms with Crippen molar-refractivity contribution in [2.45, 2.75) is 39.7 Å². The molecule has 1 saturated heterocycles. The van der Waals surface area contributed by atoms with Crippen LogP contribution in [0.2, 0.25) is 0 Å². The number of rotatable bonds is 8. The molecule has 144 valence electrons. The van der Waals surface area contributed by atoms with Crippen LogP contribution in [0.15, 0.2) is 4.99 Å². The molecule has 1 fully saturated rings. The summed E-state index contributed by atoms with van der Waals surface area (Å²) in [6.07, 6.45) is 3.38. The van der Waals surface area contributed by atoms with Gasteiger partial charge in [-0.3, -0.25) is 4.99 Å². The van der Waals surface area contributed by atoms with Crippen molar-refractivity contribution in [3.63, 3.8) is 0 Å². The molecular weight excluding hydrogens is 441 g/mol. The van der Waals surface area contributed by atoms with Crippen LogP contribution in [0.1, 0.15) is 33.6 Å². The Labute approximate surface area is 164 Å². The van der Waals surface area contributed by atoms with E-state index >= 15 is 0 Å². The molecule has 1 heterocycles. The number of nitrogens with zero attached hydrogens (tertiary/aromatic N) is 2. The van der Waals surface area contributed by atoms with Crippen molar-refractivity contribution in [3.8, 4) is 0 Å². The number of nitrogens with one attached hydrogen (secondary N) is 3. The first-order valence-corrected chi connectivity index (χ1v) is 10.4. The van der Waals surface area contributed by atoms with Gasteiger partial charge in [-0.25, -0.2) is 13.1 Å². The molecule has 0 aliphatic carbocycles. The second-order valence-electron chi connectivity index (χ2n) is 6.54. The van der Waals surface area contributed by atoms with Crippen molar-refractivity contribution >= 4 is 40.0 Å². The zero-order chi connectivity index (χ0) is 17.3. The maximum absolute atomic E-state index is 11.0. The maximum Gasteiger partial charge on any atom is 0.208 e. The van der Waals surface area contributed by atoms with Gasteiger partial charge in [-0.05, 0) is 25.7 Å². The van der Waals surface area contributed by atoms with Gasteiger partial charge in [-0.2, -0.15) is 0 Å². The molecule has 0 unspecified atom stereocenters. The van der Waals surface area contributed by atoms with Crippen LogP contribution in [0.3, 0.4) is 0 Å². The SMILES string of the molecule is CCNC(=NCCNS(C)(=O)=O)NC1CCN(CC(C)C)CC1.I. The van der Waals surface area contributed by atoms with Crippen molar-refractivity contribution in [2.75, 3.05) is 45.5 Å². The second-order valence-corrected chi connectivity index (χ2v) is 8.37. The monoisotopic (exact) mass is 475 g/mol. The molecule has 3 N–H and O–H groups in total. The predicted octanol–water partition coefficient (Wildman–Crippen LogP) is 0.829. The summed E-state index contributed by atoms with van der Waals surface area (Å²) in [6, 6.07) is 0.430. The second kappa shape index (κ2) is 12.3. The lowest BCUT2D eigenvalue weighted by atomic mass is 10.0. The lowest BCUT2D eigenvalue weighted by Gasteiger charge is -2.34. The Morgan fingerprint density at radius 2 is 1.92 bits per heavy atom. The van der Waals surface area contributed by atoms with Gasteiger partial charge >= 0.3 is 0 Å². The number of piperidine rings is 1. The van der Waals surface area contributed by atoms with E-state index in [9.17, 15) is 8.42 Å². The molecule has 0 atom stereocenters. The number of sulfonamides is 1. The summed E-state index contributed by atoms with van der Waals surface area (Å²) < 4.78 is 24.5. The molecule has 0 aromatic rings. The molecule has 0 aromatic carbocycles. The van der Waals surface area contributed by atoms with Crippen LogP contribution in [0.4, 0.5) is 0 Å². The van der Waals surface area contributed by atoms with E-state index in [2.05, 4.69) is 39.1 Å². The number of hydrogen-bond donors (Lipinski definition) is 3. The Kier molecular flexibility index (Phi) is 12.2. The van der Waals surface area contributed by atoms with Gasteiger partial charge < -0.3 is 15.5 Å². The lowest BCUT2D eigenvalue weighted by molar-refractivity contribution is 0.187. The van der Waals surface area contributed by atoms with Crippen LogP contribution >= 0.6 is 24.0 Å². The number of aliphatic imine (C=N–C) groups is 1. The maximum atomic E-state index is 11.0. The molecule has 9 heteroatoms. The Bertz CT molecular complexity index is 462. The van der Waals surface area contributed by atoms with E-state index in [1.165, 1.54) is 0 Å². The van der Waals surface area contributed by atoms with Crippen molar-refractivity contribution < 1.29 is 8.42 Å². The minimum atomic E-state index is -3.14. The van der Waals surface area contributed by atoms with Gasteiger partial charge in [0, 0.05) is 38.8 Å². The topological polar surface area (TPSA) is 85.8 Å². The van der Waals surface area contributed by atoms with Crippen LogP contribution in [-0.2, 0) is 10.0 Å². The summed E-state index contributed by atoms with van der Waals surface area (Å²) in [5.74, 6) is 1.48. The molecule has 1 aliphatic heterocycles. The lowest BCUT2D eigenvalue weighted by Crippen LogP contribution is -2.49. The number of hydrogen-bond acceptors (Lipinski definition) is 4. The summed E-state index contributed by atoms with van der Waals surface area (Å²) >= 11 is 0. The summed E-state index contributed by atoms with van der Waals surface area (Å²) in [4.78, 5) is 6.95.